The van der Waals surface area contributed by atoms with E-state index in [-0.39, 0.29) is 6.42 Å². The molecule has 1 aliphatic carbocycles. The lowest BCUT2D eigenvalue weighted by molar-refractivity contribution is 0.0516. The van der Waals surface area contributed by atoms with E-state index >= 15 is 0 Å². The fourth-order valence-electron chi connectivity index (χ4n) is 2.55. The molecule has 0 saturated heterocycles. The molecule has 4 nitrogen and oxygen atoms in total. The molecular weight excluding hydrogens is 240 g/mol. The first-order valence-corrected chi connectivity index (χ1v) is 7.13. The number of hydrogen-bond donors (Lipinski definition) is 2. The van der Waals surface area contributed by atoms with Crippen molar-refractivity contribution in [1.82, 2.24) is 0 Å². The lowest BCUT2D eigenvalue weighted by Crippen LogP contribution is -2.46. The van der Waals surface area contributed by atoms with E-state index in [1.807, 2.05) is 6.07 Å². The Morgan fingerprint density at radius 2 is 1.82 bits per heavy atom. The molecule has 0 aromatic heterocycles. The Labute approximate surface area is 101 Å². The first-order chi connectivity index (χ1) is 7.95. The van der Waals surface area contributed by atoms with E-state index in [9.17, 15) is 18.1 Å². The summed E-state index contributed by atoms with van der Waals surface area (Å²) < 4.78 is 32.1. The largest absolute Gasteiger partial charge is 0.372 e. The first kappa shape index (κ1) is 12.5. The summed E-state index contributed by atoms with van der Waals surface area (Å²) in [5.74, 6) is -0.549. The summed E-state index contributed by atoms with van der Waals surface area (Å²) in [5.41, 5.74) is 0.757. The van der Waals surface area contributed by atoms with Crippen LogP contribution in [0.15, 0.2) is 30.3 Å². The predicted octanol–water partition coefficient (Wildman–Crippen LogP) is 1.92. The zero-order chi connectivity index (χ0) is 12.5. The molecule has 0 heterocycles. The van der Waals surface area contributed by atoms with Gasteiger partial charge < -0.3 is 5.11 Å². The Kier molecular flexibility index (Phi) is 3.25. The van der Waals surface area contributed by atoms with Crippen molar-refractivity contribution in [3.05, 3.63) is 35.9 Å². The second-order valence-electron chi connectivity index (χ2n) is 4.53. The lowest BCUT2D eigenvalue weighted by atomic mass is 9.81. The van der Waals surface area contributed by atoms with Crippen LogP contribution >= 0.6 is 0 Å². The van der Waals surface area contributed by atoms with Crippen molar-refractivity contribution >= 4 is 10.1 Å². The van der Waals surface area contributed by atoms with Gasteiger partial charge in [0.25, 0.3) is 10.1 Å². The van der Waals surface area contributed by atoms with E-state index in [1.165, 1.54) is 0 Å². The molecule has 0 radical (unpaired) electrons. The normalized spacial score (nSPS) is 30.1. The monoisotopic (exact) mass is 256 g/mol. The average Bonchev–Trinajstić information content (AvgIpc) is 2.29. The van der Waals surface area contributed by atoms with Gasteiger partial charge in [-0.05, 0) is 24.8 Å². The summed E-state index contributed by atoms with van der Waals surface area (Å²) in [7, 11) is -4.47. The molecule has 1 aliphatic rings. The number of hydrogen-bond acceptors (Lipinski definition) is 3. The minimum Gasteiger partial charge on any atom is -0.372 e. The number of benzene rings is 1. The van der Waals surface area contributed by atoms with Crippen molar-refractivity contribution < 1.29 is 18.1 Å². The van der Waals surface area contributed by atoms with Crippen LogP contribution in [0.4, 0.5) is 0 Å². The summed E-state index contributed by atoms with van der Waals surface area (Å²) in [6.07, 6.45) is 2.13. The SMILES string of the molecule is O=S(=O)(O)C1(O)CCCCC1c1ccccc1. The Morgan fingerprint density at radius 1 is 1.18 bits per heavy atom. The maximum absolute atomic E-state index is 11.4. The van der Waals surface area contributed by atoms with E-state index < -0.39 is 21.0 Å². The van der Waals surface area contributed by atoms with E-state index in [0.717, 1.165) is 12.0 Å². The van der Waals surface area contributed by atoms with Crippen molar-refractivity contribution in [2.45, 2.75) is 36.5 Å². The highest BCUT2D eigenvalue weighted by molar-refractivity contribution is 7.87. The van der Waals surface area contributed by atoms with Crippen molar-refractivity contribution in [3.8, 4) is 0 Å². The van der Waals surface area contributed by atoms with E-state index in [4.69, 9.17) is 0 Å². The van der Waals surface area contributed by atoms with Gasteiger partial charge in [0.05, 0.1) is 0 Å². The molecule has 0 bridgehead atoms. The van der Waals surface area contributed by atoms with Gasteiger partial charge in [-0.15, -0.1) is 0 Å². The van der Waals surface area contributed by atoms with Gasteiger partial charge in [-0.3, -0.25) is 4.55 Å². The zero-order valence-corrected chi connectivity index (χ0v) is 10.2. The van der Waals surface area contributed by atoms with Crippen LogP contribution in [0.3, 0.4) is 0 Å². The third-order valence-corrected chi connectivity index (χ3v) is 4.85. The van der Waals surface area contributed by atoms with E-state index in [0.29, 0.717) is 12.8 Å². The zero-order valence-electron chi connectivity index (χ0n) is 9.41. The molecule has 0 amide bonds. The lowest BCUT2D eigenvalue weighted by Gasteiger charge is -2.37. The highest BCUT2D eigenvalue weighted by atomic mass is 32.2. The van der Waals surface area contributed by atoms with Crippen molar-refractivity contribution in [1.29, 1.82) is 0 Å². The maximum Gasteiger partial charge on any atom is 0.295 e. The summed E-state index contributed by atoms with van der Waals surface area (Å²) in [6.45, 7) is 0. The molecule has 1 aromatic rings. The Morgan fingerprint density at radius 3 is 2.41 bits per heavy atom. The fraction of sp³-hybridized carbons (Fsp3) is 0.500. The molecule has 2 N–H and O–H groups in total. The van der Waals surface area contributed by atoms with Crippen LogP contribution in [-0.4, -0.2) is 23.0 Å². The summed E-state index contributed by atoms with van der Waals surface area (Å²) in [4.78, 5) is -2.04. The van der Waals surface area contributed by atoms with Crippen LogP contribution in [0.2, 0.25) is 0 Å². The van der Waals surface area contributed by atoms with E-state index in [1.54, 1.807) is 24.3 Å². The predicted molar refractivity (Wildman–Crippen MR) is 64.1 cm³/mol. The van der Waals surface area contributed by atoms with Gasteiger partial charge in [-0.2, -0.15) is 8.42 Å². The van der Waals surface area contributed by atoms with Gasteiger partial charge in [0, 0.05) is 5.92 Å². The topological polar surface area (TPSA) is 74.6 Å². The minimum absolute atomic E-state index is 0.0887. The fourth-order valence-corrected chi connectivity index (χ4v) is 3.56. The first-order valence-electron chi connectivity index (χ1n) is 5.69. The molecule has 17 heavy (non-hydrogen) atoms. The van der Waals surface area contributed by atoms with Crippen molar-refractivity contribution in [3.63, 3.8) is 0 Å². The molecule has 94 valence electrons. The molecule has 1 aromatic carbocycles. The summed E-state index contributed by atoms with van der Waals surface area (Å²) in [6, 6.07) is 9.00. The average molecular weight is 256 g/mol. The second kappa shape index (κ2) is 4.40. The quantitative estimate of drug-likeness (QED) is 0.793. The smallest absolute Gasteiger partial charge is 0.295 e. The van der Waals surface area contributed by atoms with E-state index in [2.05, 4.69) is 0 Å². The third-order valence-electron chi connectivity index (χ3n) is 3.47. The molecule has 2 unspecified atom stereocenters. The Hall–Kier alpha value is -0.910. The van der Waals surface area contributed by atoms with Gasteiger partial charge in [0.1, 0.15) is 0 Å². The van der Waals surface area contributed by atoms with Crippen LogP contribution in [0, 0.1) is 0 Å². The van der Waals surface area contributed by atoms with Gasteiger partial charge in [0.2, 0.25) is 0 Å². The minimum atomic E-state index is -4.47. The van der Waals surface area contributed by atoms with Crippen LogP contribution in [0.5, 0.6) is 0 Å². The van der Waals surface area contributed by atoms with Gasteiger partial charge in [-0.1, -0.05) is 36.8 Å². The van der Waals surface area contributed by atoms with Crippen LogP contribution < -0.4 is 0 Å². The van der Waals surface area contributed by atoms with Gasteiger partial charge in [0.15, 0.2) is 4.93 Å². The maximum atomic E-state index is 11.4. The molecule has 2 rings (SSSR count). The standard InChI is InChI=1S/C12H16O4S/c13-12(17(14,15)16)9-5-4-8-11(12)10-6-2-1-3-7-10/h1-3,6-7,11,13H,4-5,8-9H2,(H,14,15,16). The molecule has 2 atom stereocenters. The van der Waals surface area contributed by atoms with Gasteiger partial charge in [-0.25, -0.2) is 0 Å². The van der Waals surface area contributed by atoms with Gasteiger partial charge >= 0.3 is 0 Å². The molecule has 0 spiro atoms. The molecule has 1 saturated carbocycles. The Bertz CT molecular complexity index is 482. The van der Waals surface area contributed by atoms with Crippen LogP contribution in [0.1, 0.15) is 37.2 Å². The molecule has 1 fully saturated rings. The molecule has 0 aliphatic heterocycles. The Balaban J connectivity index is 2.44. The summed E-state index contributed by atoms with van der Waals surface area (Å²) in [5, 5.41) is 10.3. The number of rotatable bonds is 2. The number of aliphatic hydroxyl groups is 1. The van der Waals surface area contributed by atoms with Crippen LogP contribution in [0.25, 0.3) is 0 Å². The summed E-state index contributed by atoms with van der Waals surface area (Å²) >= 11 is 0. The van der Waals surface area contributed by atoms with Crippen molar-refractivity contribution in [2.75, 3.05) is 0 Å². The molecule has 5 heteroatoms. The third kappa shape index (κ3) is 2.22. The van der Waals surface area contributed by atoms with Crippen molar-refractivity contribution in [2.24, 2.45) is 0 Å². The molecular formula is C12H16O4S. The highest BCUT2D eigenvalue weighted by Crippen LogP contribution is 2.43. The highest BCUT2D eigenvalue weighted by Gasteiger charge is 2.49. The van der Waals surface area contributed by atoms with Crippen LogP contribution in [-0.2, 0) is 10.1 Å². The second-order valence-corrected chi connectivity index (χ2v) is 6.19.